The molecule has 6 nitrogen and oxygen atoms in total. The number of benzene rings is 2. The molecule has 2 amide bonds. The summed E-state index contributed by atoms with van der Waals surface area (Å²) in [5.74, 6) is -1.24. The van der Waals surface area contributed by atoms with Gasteiger partial charge >= 0.3 is 0 Å². The van der Waals surface area contributed by atoms with Crippen molar-refractivity contribution in [3.8, 4) is 5.75 Å². The molecule has 3 rings (SSSR count). The molecule has 1 aliphatic rings. The molecular formula is C23H27FN2O4. The van der Waals surface area contributed by atoms with Crippen molar-refractivity contribution in [2.24, 2.45) is 0 Å². The summed E-state index contributed by atoms with van der Waals surface area (Å²) in [6.07, 6.45) is 1.64. The zero-order valence-corrected chi connectivity index (χ0v) is 17.3. The average molecular weight is 414 g/mol. The van der Waals surface area contributed by atoms with E-state index in [1.807, 2.05) is 32.0 Å². The third-order valence-corrected chi connectivity index (χ3v) is 5.20. The summed E-state index contributed by atoms with van der Waals surface area (Å²) in [7, 11) is 0. The van der Waals surface area contributed by atoms with Gasteiger partial charge in [-0.05, 0) is 56.0 Å². The second kappa shape index (κ2) is 10.2. The van der Waals surface area contributed by atoms with Gasteiger partial charge in [0.25, 0.3) is 5.91 Å². The average Bonchev–Trinajstić information content (AvgIpc) is 3.23. The summed E-state index contributed by atoms with van der Waals surface area (Å²) in [5, 5.41) is 2.87. The van der Waals surface area contributed by atoms with Crippen molar-refractivity contribution in [1.29, 1.82) is 0 Å². The second-order valence-corrected chi connectivity index (χ2v) is 7.42. The van der Waals surface area contributed by atoms with Crippen LogP contribution >= 0.6 is 0 Å². The van der Waals surface area contributed by atoms with Crippen molar-refractivity contribution < 1.29 is 23.5 Å². The number of hydrogen-bond donors (Lipinski definition) is 1. The van der Waals surface area contributed by atoms with E-state index in [0.717, 1.165) is 24.0 Å². The molecule has 1 aliphatic heterocycles. The molecule has 30 heavy (non-hydrogen) atoms. The van der Waals surface area contributed by atoms with Gasteiger partial charge in [0.2, 0.25) is 5.91 Å². The normalized spacial score (nSPS) is 15.6. The predicted molar refractivity (Wildman–Crippen MR) is 112 cm³/mol. The number of ether oxygens (including phenoxy) is 2. The first-order valence-electron chi connectivity index (χ1n) is 10.1. The standard InChI is InChI=1S/C23H27FN2O4/c1-16-7-5-10-20(17(16)2)25-22(27)14-26(13-18-8-6-12-29-18)23(28)15-30-21-11-4-3-9-19(21)24/h3-5,7,9-11,18H,6,8,12-15H2,1-2H3,(H,25,27)/t18-/m0/s1. The lowest BCUT2D eigenvalue weighted by atomic mass is 10.1. The monoisotopic (exact) mass is 414 g/mol. The number of nitrogens with zero attached hydrogens (tertiary/aromatic N) is 1. The highest BCUT2D eigenvalue weighted by molar-refractivity contribution is 5.95. The Bertz CT molecular complexity index is 897. The molecular weight excluding hydrogens is 387 g/mol. The SMILES string of the molecule is Cc1cccc(NC(=O)CN(C[C@@H]2CCCO2)C(=O)COc2ccccc2F)c1C. The van der Waals surface area contributed by atoms with Gasteiger partial charge in [0.15, 0.2) is 18.2 Å². The molecule has 0 aromatic heterocycles. The van der Waals surface area contributed by atoms with Crippen LogP contribution in [0.2, 0.25) is 0 Å². The molecule has 7 heteroatoms. The zero-order chi connectivity index (χ0) is 21.5. The van der Waals surface area contributed by atoms with Gasteiger partial charge in [-0.25, -0.2) is 4.39 Å². The van der Waals surface area contributed by atoms with Crippen LogP contribution in [0.5, 0.6) is 5.75 Å². The van der Waals surface area contributed by atoms with Crippen LogP contribution in [0.25, 0.3) is 0 Å². The highest BCUT2D eigenvalue weighted by atomic mass is 19.1. The van der Waals surface area contributed by atoms with Crippen LogP contribution in [0.15, 0.2) is 42.5 Å². The quantitative estimate of drug-likeness (QED) is 0.718. The summed E-state index contributed by atoms with van der Waals surface area (Å²) in [5.41, 5.74) is 2.76. The van der Waals surface area contributed by atoms with Gasteiger partial charge in [-0.2, -0.15) is 0 Å². The van der Waals surface area contributed by atoms with E-state index >= 15 is 0 Å². The van der Waals surface area contributed by atoms with Crippen LogP contribution in [0, 0.1) is 19.7 Å². The third kappa shape index (κ3) is 5.79. The van der Waals surface area contributed by atoms with Crippen LogP contribution in [-0.4, -0.2) is 49.1 Å². The number of nitrogens with one attached hydrogen (secondary N) is 1. The maximum absolute atomic E-state index is 13.8. The fourth-order valence-corrected chi connectivity index (χ4v) is 3.33. The molecule has 2 aromatic carbocycles. The lowest BCUT2D eigenvalue weighted by Gasteiger charge is -2.25. The van der Waals surface area contributed by atoms with Gasteiger partial charge in [-0.1, -0.05) is 24.3 Å². The van der Waals surface area contributed by atoms with Crippen LogP contribution in [-0.2, 0) is 14.3 Å². The van der Waals surface area contributed by atoms with Crippen LogP contribution in [0.4, 0.5) is 10.1 Å². The number of rotatable bonds is 8. The van der Waals surface area contributed by atoms with E-state index in [1.165, 1.54) is 17.0 Å². The molecule has 1 N–H and O–H groups in total. The van der Waals surface area contributed by atoms with E-state index in [4.69, 9.17) is 9.47 Å². The predicted octanol–water partition coefficient (Wildman–Crippen LogP) is 3.47. The minimum absolute atomic E-state index is 0.00255. The van der Waals surface area contributed by atoms with E-state index in [9.17, 15) is 14.0 Å². The number of para-hydroxylation sites is 1. The summed E-state index contributed by atoms with van der Waals surface area (Å²) in [6, 6.07) is 11.6. The maximum Gasteiger partial charge on any atom is 0.261 e. The van der Waals surface area contributed by atoms with Gasteiger partial charge in [0.1, 0.15) is 6.54 Å². The number of carbonyl (C=O) groups excluding carboxylic acids is 2. The molecule has 160 valence electrons. The van der Waals surface area contributed by atoms with Crippen molar-refractivity contribution in [3.63, 3.8) is 0 Å². The Morgan fingerprint density at radius 1 is 1.20 bits per heavy atom. The van der Waals surface area contributed by atoms with E-state index in [0.29, 0.717) is 18.8 Å². The Morgan fingerprint density at radius 3 is 2.73 bits per heavy atom. The first kappa shape index (κ1) is 21.8. The molecule has 1 atom stereocenters. The van der Waals surface area contributed by atoms with Crippen LogP contribution in [0.1, 0.15) is 24.0 Å². The number of aryl methyl sites for hydroxylation is 1. The minimum atomic E-state index is -0.538. The fourth-order valence-electron chi connectivity index (χ4n) is 3.33. The minimum Gasteiger partial charge on any atom is -0.481 e. The van der Waals surface area contributed by atoms with Crippen molar-refractivity contribution in [3.05, 3.63) is 59.4 Å². The second-order valence-electron chi connectivity index (χ2n) is 7.42. The Balaban J connectivity index is 1.65. The van der Waals surface area contributed by atoms with Gasteiger partial charge in [0, 0.05) is 18.8 Å². The van der Waals surface area contributed by atoms with Gasteiger partial charge in [-0.3, -0.25) is 9.59 Å². The van der Waals surface area contributed by atoms with E-state index in [2.05, 4.69) is 5.32 Å². The highest BCUT2D eigenvalue weighted by Gasteiger charge is 2.25. The molecule has 0 saturated carbocycles. The maximum atomic E-state index is 13.8. The Kier molecular flexibility index (Phi) is 7.41. The first-order valence-corrected chi connectivity index (χ1v) is 10.1. The van der Waals surface area contributed by atoms with Crippen molar-refractivity contribution in [2.45, 2.75) is 32.8 Å². The van der Waals surface area contributed by atoms with Crippen molar-refractivity contribution in [1.82, 2.24) is 4.90 Å². The Hall–Kier alpha value is -2.93. The molecule has 1 heterocycles. The molecule has 0 unspecified atom stereocenters. The molecule has 0 bridgehead atoms. The van der Waals surface area contributed by atoms with Crippen LogP contribution in [0.3, 0.4) is 0 Å². The third-order valence-electron chi connectivity index (χ3n) is 5.20. The zero-order valence-electron chi connectivity index (χ0n) is 17.3. The topological polar surface area (TPSA) is 67.9 Å². The highest BCUT2D eigenvalue weighted by Crippen LogP contribution is 2.19. The number of carbonyl (C=O) groups is 2. The summed E-state index contributed by atoms with van der Waals surface area (Å²) in [6.45, 7) is 4.35. The smallest absolute Gasteiger partial charge is 0.261 e. The number of anilines is 1. The lowest BCUT2D eigenvalue weighted by Crippen LogP contribution is -2.44. The van der Waals surface area contributed by atoms with Gasteiger partial charge < -0.3 is 19.7 Å². The fraction of sp³-hybridized carbons (Fsp3) is 0.391. The molecule has 0 aliphatic carbocycles. The first-order chi connectivity index (χ1) is 14.4. The molecule has 0 radical (unpaired) electrons. The van der Waals surface area contributed by atoms with Gasteiger partial charge in [-0.15, -0.1) is 0 Å². The van der Waals surface area contributed by atoms with E-state index < -0.39 is 11.7 Å². The summed E-state index contributed by atoms with van der Waals surface area (Å²) in [4.78, 5) is 26.8. The summed E-state index contributed by atoms with van der Waals surface area (Å²) < 4.78 is 24.7. The lowest BCUT2D eigenvalue weighted by molar-refractivity contribution is -0.138. The van der Waals surface area contributed by atoms with Gasteiger partial charge in [0.05, 0.1) is 6.10 Å². The molecule has 0 spiro atoms. The number of halogens is 1. The van der Waals surface area contributed by atoms with E-state index in [1.54, 1.807) is 12.1 Å². The summed E-state index contributed by atoms with van der Waals surface area (Å²) >= 11 is 0. The molecule has 1 saturated heterocycles. The largest absolute Gasteiger partial charge is 0.481 e. The molecule has 2 aromatic rings. The molecule has 1 fully saturated rings. The van der Waals surface area contributed by atoms with Crippen molar-refractivity contribution in [2.75, 3.05) is 31.6 Å². The van der Waals surface area contributed by atoms with E-state index in [-0.39, 0.29) is 30.9 Å². The Labute approximate surface area is 176 Å². The number of amides is 2. The number of hydrogen-bond acceptors (Lipinski definition) is 4. The van der Waals surface area contributed by atoms with Crippen LogP contribution < -0.4 is 10.1 Å². The Morgan fingerprint density at radius 2 is 2.00 bits per heavy atom. The van der Waals surface area contributed by atoms with Crippen molar-refractivity contribution >= 4 is 17.5 Å².